The summed E-state index contributed by atoms with van der Waals surface area (Å²) in [6, 6.07) is 3.52. The van der Waals surface area contributed by atoms with Gasteiger partial charge in [-0.15, -0.1) is 11.3 Å². The van der Waals surface area contributed by atoms with Crippen LogP contribution in [-0.4, -0.2) is 55.1 Å². The molecule has 2 unspecified atom stereocenters. The lowest BCUT2D eigenvalue weighted by Gasteiger charge is -2.34. The van der Waals surface area contributed by atoms with E-state index in [1.54, 1.807) is 11.3 Å². The van der Waals surface area contributed by atoms with Gasteiger partial charge in [-0.3, -0.25) is 9.59 Å². The Morgan fingerprint density at radius 1 is 1.52 bits per heavy atom. The number of ether oxygens (including phenoxy) is 1. The maximum absolute atomic E-state index is 12.5. The van der Waals surface area contributed by atoms with Crippen molar-refractivity contribution in [3.8, 4) is 0 Å². The summed E-state index contributed by atoms with van der Waals surface area (Å²) in [5, 5.41) is 8.02. The lowest BCUT2D eigenvalue weighted by molar-refractivity contribution is -0.139. The number of nitrogens with zero attached hydrogens (tertiary/aromatic N) is 1. The topological polar surface area (TPSA) is 70.7 Å². The molecule has 0 aromatic carbocycles. The van der Waals surface area contributed by atoms with Gasteiger partial charge in [-0.2, -0.15) is 0 Å². The summed E-state index contributed by atoms with van der Waals surface area (Å²) in [5.41, 5.74) is 0. The summed E-state index contributed by atoms with van der Waals surface area (Å²) in [5.74, 6) is -0.0822. The molecule has 3 heterocycles. The Kier molecular flexibility index (Phi) is 5.64. The molecule has 0 radical (unpaired) electrons. The van der Waals surface area contributed by atoms with E-state index in [0.717, 1.165) is 30.9 Å². The molecule has 2 aliphatic heterocycles. The zero-order valence-electron chi connectivity index (χ0n) is 13.1. The molecule has 2 atom stereocenters. The Morgan fingerprint density at radius 2 is 2.43 bits per heavy atom. The van der Waals surface area contributed by atoms with Crippen molar-refractivity contribution in [1.82, 2.24) is 15.5 Å². The van der Waals surface area contributed by atoms with Crippen LogP contribution in [0.4, 0.5) is 0 Å². The van der Waals surface area contributed by atoms with Crippen molar-refractivity contribution in [3.05, 3.63) is 22.4 Å². The first-order chi connectivity index (χ1) is 11.2. The largest absolute Gasteiger partial charge is 0.376 e. The molecule has 2 fully saturated rings. The summed E-state index contributed by atoms with van der Waals surface area (Å²) in [6.45, 7) is 3.37. The molecule has 2 saturated heterocycles. The highest BCUT2D eigenvalue weighted by atomic mass is 32.1. The average molecular weight is 337 g/mol. The van der Waals surface area contributed by atoms with Crippen LogP contribution in [0.1, 0.15) is 24.1 Å². The van der Waals surface area contributed by atoms with Crippen molar-refractivity contribution in [1.29, 1.82) is 0 Å². The number of thiophene rings is 1. The zero-order chi connectivity index (χ0) is 16.1. The smallest absolute Gasteiger partial charge is 0.240 e. The molecule has 2 N–H and O–H groups in total. The minimum Gasteiger partial charge on any atom is -0.376 e. The normalized spacial score (nSPS) is 24.9. The van der Waals surface area contributed by atoms with Crippen molar-refractivity contribution in [3.63, 3.8) is 0 Å². The van der Waals surface area contributed by atoms with Crippen LogP contribution in [-0.2, 0) is 20.9 Å². The fraction of sp³-hybridized carbons (Fsp3) is 0.625. The molecule has 126 valence electrons. The molecule has 2 amide bonds. The van der Waals surface area contributed by atoms with Gasteiger partial charge >= 0.3 is 0 Å². The molecule has 3 rings (SSSR count). The van der Waals surface area contributed by atoms with Crippen LogP contribution in [0.25, 0.3) is 0 Å². The average Bonchev–Trinajstić information content (AvgIpc) is 3.23. The van der Waals surface area contributed by atoms with Gasteiger partial charge in [0.2, 0.25) is 11.8 Å². The zero-order valence-corrected chi connectivity index (χ0v) is 13.9. The number of hydrogen-bond donors (Lipinski definition) is 2. The molecule has 1 aromatic heterocycles. The Bertz CT molecular complexity index is 529. The van der Waals surface area contributed by atoms with Crippen molar-refractivity contribution in [2.45, 2.75) is 38.0 Å². The third-order valence-electron chi connectivity index (χ3n) is 4.26. The van der Waals surface area contributed by atoms with Gasteiger partial charge in [0, 0.05) is 31.1 Å². The molecular formula is C16H23N3O3S. The van der Waals surface area contributed by atoms with Crippen LogP contribution in [0.5, 0.6) is 0 Å². The van der Waals surface area contributed by atoms with Crippen molar-refractivity contribution in [2.24, 2.45) is 0 Å². The Morgan fingerprint density at radius 3 is 3.17 bits per heavy atom. The van der Waals surface area contributed by atoms with E-state index in [0.29, 0.717) is 19.6 Å². The Labute approximate surface area is 140 Å². The molecule has 0 saturated carbocycles. The van der Waals surface area contributed by atoms with Gasteiger partial charge < -0.3 is 20.3 Å². The van der Waals surface area contributed by atoms with Crippen LogP contribution < -0.4 is 10.6 Å². The van der Waals surface area contributed by atoms with Crippen LogP contribution in [0, 0.1) is 0 Å². The summed E-state index contributed by atoms with van der Waals surface area (Å²) >= 11 is 1.61. The van der Waals surface area contributed by atoms with Gasteiger partial charge in [-0.05, 0) is 24.3 Å². The van der Waals surface area contributed by atoms with Gasteiger partial charge in [0.05, 0.1) is 25.1 Å². The summed E-state index contributed by atoms with van der Waals surface area (Å²) in [7, 11) is 0. The summed E-state index contributed by atoms with van der Waals surface area (Å²) in [6.07, 6.45) is 2.43. The van der Waals surface area contributed by atoms with E-state index in [1.165, 1.54) is 0 Å². The van der Waals surface area contributed by atoms with Gasteiger partial charge in [0.15, 0.2) is 0 Å². The second-order valence-corrected chi connectivity index (χ2v) is 7.02. The first-order valence-electron chi connectivity index (χ1n) is 8.15. The molecule has 7 heteroatoms. The lowest BCUT2D eigenvalue weighted by Crippen LogP contribution is -2.57. The fourth-order valence-electron chi connectivity index (χ4n) is 3.02. The standard InChI is InChI=1S/C16H23N3O3S/c20-15(18-10-13-4-2-8-23-13)9-14-16(21)19(6-5-17-14)11-12-3-1-7-22-12/h2,4,8,12,14,17H,1,3,5-7,9-11H2,(H,18,20). The van der Waals surface area contributed by atoms with Gasteiger partial charge in [0.1, 0.15) is 0 Å². The monoisotopic (exact) mass is 337 g/mol. The first kappa shape index (κ1) is 16.4. The number of carbonyl (C=O) groups is 2. The maximum atomic E-state index is 12.5. The molecule has 23 heavy (non-hydrogen) atoms. The highest BCUT2D eigenvalue weighted by Gasteiger charge is 2.32. The van der Waals surface area contributed by atoms with E-state index in [4.69, 9.17) is 4.74 Å². The second kappa shape index (κ2) is 7.90. The Balaban J connectivity index is 1.46. The molecule has 1 aromatic rings. The molecule has 2 aliphatic rings. The number of hydrogen-bond acceptors (Lipinski definition) is 5. The first-order valence-corrected chi connectivity index (χ1v) is 9.03. The van der Waals surface area contributed by atoms with Crippen molar-refractivity contribution >= 4 is 23.2 Å². The van der Waals surface area contributed by atoms with E-state index >= 15 is 0 Å². The van der Waals surface area contributed by atoms with Crippen molar-refractivity contribution < 1.29 is 14.3 Å². The van der Waals surface area contributed by atoms with Gasteiger partial charge in [-0.1, -0.05) is 6.07 Å². The van der Waals surface area contributed by atoms with Crippen LogP contribution in [0.2, 0.25) is 0 Å². The van der Waals surface area contributed by atoms with Crippen molar-refractivity contribution in [2.75, 3.05) is 26.2 Å². The molecule has 0 aliphatic carbocycles. The Hall–Kier alpha value is -1.44. The minimum atomic E-state index is -0.423. The minimum absolute atomic E-state index is 0.0121. The van der Waals surface area contributed by atoms with E-state index in [9.17, 15) is 9.59 Å². The molecule has 0 spiro atoms. The van der Waals surface area contributed by atoms with E-state index in [-0.39, 0.29) is 24.3 Å². The number of carbonyl (C=O) groups excluding carboxylic acids is 2. The van der Waals surface area contributed by atoms with Gasteiger partial charge in [-0.25, -0.2) is 0 Å². The van der Waals surface area contributed by atoms with E-state index in [1.807, 2.05) is 22.4 Å². The quantitative estimate of drug-likeness (QED) is 0.803. The van der Waals surface area contributed by atoms with Crippen LogP contribution >= 0.6 is 11.3 Å². The predicted molar refractivity (Wildman–Crippen MR) is 88.1 cm³/mol. The molecule has 0 bridgehead atoms. The number of rotatable bonds is 6. The maximum Gasteiger partial charge on any atom is 0.240 e. The molecular weight excluding hydrogens is 314 g/mol. The van der Waals surface area contributed by atoms with Crippen LogP contribution in [0.3, 0.4) is 0 Å². The number of nitrogens with one attached hydrogen (secondary N) is 2. The number of piperazine rings is 1. The lowest BCUT2D eigenvalue weighted by atomic mass is 10.1. The van der Waals surface area contributed by atoms with E-state index in [2.05, 4.69) is 10.6 Å². The third-order valence-corrected chi connectivity index (χ3v) is 5.14. The second-order valence-electron chi connectivity index (χ2n) is 5.99. The third kappa shape index (κ3) is 4.53. The highest BCUT2D eigenvalue weighted by molar-refractivity contribution is 7.09. The summed E-state index contributed by atoms with van der Waals surface area (Å²) in [4.78, 5) is 27.5. The predicted octanol–water partition coefficient (Wildman–Crippen LogP) is 0.734. The number of amides is 2. The molecule has 6 nitrogen and oxygen atoms in total. The highest BCUT2D eigenvalue weighted by Crippen LogP contribution is 2.15. The fourth-order valence-corrected chi connectivity index (χ4v) is 3.67. The SMILES string of the molecule is O=C(CC1NCCN(CC2CCCO2)C1=O)NCc1cccs1. The van der Waals surface area contributed by atoms with Gasteiger partial charge in [0.25, 0.3) is 0 Å². The van der Waals surface area contributed by atoms with E-state index < -0.39 is 6.04 Å². The van der Waals surface area contributed by atoms with Crippen LogP contribution in [0.15, 0.2) is 17.5 Å². The summed E-state index contributed by atoms with van der Waals surface area (Å²) < 4.78 is 5.61.